The van der Waals surface area contributed by atoms with Crippen LogP contribution in [0, 0.1) is 18.7 Å². The van der Waals surface area contributed by atoms with Crippen LogP contribution in [-0.2, 0) is 14.8 Å². The number of fused-ring (bicyclic) bond motifs is 1. The van der Waals surface area contributed by atoms with Crippen LogP contribution in [0.15, 0.2) is 42.6 Å². The Bertz CT molecular complexity index is 1270. The van der Waals surface area contributed by atoms with Crippen molar-refractivity contribution < 1.29 is 17.5 Å². The van der Waals surface area contributed by atoms with Crippen molar-refractivity contribution in [2.75, 3.05) is 45.6 Å². The molecule has 7 nitrogen and oxygen atoms in total. The molecule has 3 heterocycles. The quantitative estimate of drug-likeness (QED) is 0.552. The van der Waals surface area contributed by atoms with Crippen LogP contribution in [0.5, 0.6) is 0 Å². The summed E-state index contributed by atoms with van der Waals surface area (Å²) in [6.45, 7) is 6.28. The second-order valence-electron chi connectivity index (χ2n) is 9.49. The number of aromatic nitrogens is 2. The van der Waals surface area contributed by atoms with Crippen molar-refractivity contribution in [3.63, 3.8) is 0 Å². The Labute approximate surface area is 200 Å². The molecule has 2 aromatic carbocycles. The van der Waals surface area contributed by atoms with Gasteiger partial charge in [-0.05, 0) is 73.2 Å². The van der Waals surface area contributed by atoms with E-state index in [0.29, 0.717) is 25.6 Å². The Balaban J connectivity index is 1.50. The van der Waals surface area contributed by atoms with Crippen molar-refractivity contribution in [1.29, 1.82) is 0 Å². The van der Waals surface area contributed by atoms with Gasteiger partial charge in [-0.1, -0.05) is 0 Å². The summed E-state index contributed by atoms with van der Waals surface area (Å²) in [5.74, 6) is 0.280. The molecule has 2 fully saturated rings. The molecule has 0 saturated carbocycles. The van der Waals surface area contributed by atoms with Gasteiger partial charge in [0.05, 0.1) is 23.7 Å². The highest BCUT2D eigenvalue weighted by Crippen LogP contribution is 2.34. The van der Waals surface area contributed by atoms with E-state index in [1.165, 1.54) is 18.4 Å². The number of hydrogen-bond donors (Lipinski definition) is 0. The number of ether oxygens (including phenoxy) is 1. The van der Waals surface area contributed by atoms with Crippen LogP contribution >= 0.6 is 0 Å². The van der Waals surface area contributed by atoms with Gasteiger partial charge in [-0.15, -0.1) is 0 Å². The van der Waals surface area contributed by atoms with Gasteiger partial charge in [0.15, 0.2) is 0 Å². The summed E-state index contributed by atoms with van der Waals surface area (Å²) in [5.41, 5.74) is 3.96. The lowest BCUT2D eigenvalue weighted by Crippen LogP contribution is -2.51. The minimum absolute atomic E-state index is 0.0232. The molecule has 5 rings (SSSR count). The maximum Gasteiger partial charge on any atom is 0.211 e. The topological polar surface area (TPSA) is 67.7 Å². The lowest BCUT2D eigenvalue weighted by atomic mass is 9.93. The minimum atomic E-state index is -3.27. The Morgan fingerprint density at radius 2 is 1.85 bits per heavy atom. The van der Waals surface area contributed by atoms with E-state index in [1.807, 2.05) is 10.9 Å². The van der Waals surface area contributed by atoms with Gasteiger partial charge in [-0.25, -0.2) is 17.5 Å². The van der Waals surface area contributed by atoms with E-state index in [2.05, 4.69) is 29.1 Å². The van der Waals surface area contributed by atoms with Crippen molar-refractivity contribution >= 4 is 20.9 Å². The first-order valence-corrected chi connectivity index (χ1v) is 13.7. The molecule has 2 aliphatic heterocycles. The molecular formula is C25H31FN4O3S. The van der Waals surface area contributed by atoms with Gasteiger partial charge in [0.25, 0.3) is 0 Å². The predicted octanol–water partition coefficient (Wildman–Crippen LogP) is 3.52. The highest BCUT2D eigenvalue weighted by atomic mass is 32.2. The average Bonchev–Trinajstić information content (AvgIpc) is 3.22. The number of hydrogen-bond acceptors (Lipinski definition) is 5. The predicted molar refractivity (Wildman–Crippen MR) is 130 cm³/mol. The van der Waals surface area contributed by atoms with Crippen molar-refractivity contribution in [2.45, 2.75) is 25.8 Å². The van der Waals surface area contributed by atoms with E-state index in [-0.39, 0.29) is 11.9 Å². The number of rotatable bonds is 5. The maximum absolute atomic E-state index is 13.4. The van der Waals surface area contributed by atoms with Crippen LogP contribution in [0.2, 0.25) is 0 Å². The van der Waals surface area contributed by atoms with Gasteiger partial charge in [0, 0.05) is 50.8 Å². The Morgan fingerprint density at radius 1 is 1.12 bits per heavy atom. The zero-order valence-corrected chi connectivity index (χ0v) is 20.5. The summed E-state index contributed by atoms with van der Waals surface area (Å²) in [6, 6.07) is 10.5. The summed E-state index contributed by atoms with van der Waals surface area (Å²) in [5, 5.41) is 5.53. The van der Waals surface area contributed by atoms with E-state index < -0.39 is 10.0 Å². The van der Waals surface area contributed by atoms with Crippen LogP contribution in [0.3, 0.4) is 0 Å². The van der Waals surface area contributed by atoms with Crippen molar-refractivity contribution in [3.05, 3.63) is 59.5 Å². The second kappa shape index (κ2) is 9.37. The first-order valence-electron chi connectivity index (χ1n) is 11.8. The molecule has 0 radical (unpaired) electrons. The zero-order valence-electron chi connectivity index (χ0n) is 19.7. The fraction of sp³-hybridized carbons (Fsp3) is 0.480. The van der Waals surface area contributed by atoms with E-state index in [4.69, 9.17) is 4.74 Å². The fourth-order valence-electron chi connectivity index (χ4n) is 5.21. The summed E-state index contributed by atoms with van der Waals surface area (Å²) >= 11 is 0. The lowest BCUT2D eigenvalue weighted by Gasteiger charge is -2.43. The van der Waals surface area contributed by atoms with Crippen molar-refractivity contribution in [1.82, 2.24) is 19.0 Å². The van der Waals surface area contributed by atoms with Crippen molar-refractivity contribution in [2.24, 2.45) is 5.92 Å². The monoisotopic (exact) mass is 486 g/mol. The molecule has 0 bridgehead atoms. The summed E-state index contributed by atoms with van der Waals surface area (Å²) in [7, 11) is -3.27. The van der Waals surface area contributed by atoms with E-state index in [0.717, 1.165) is 60.3 Å². The van der Waals surface area contributed by atoms with Gasteiger partial charge in [0.2, 0.25) is 10.0 Å². The summed E-state index contributed by atoms with van der Waals surface area (Å²) in [4.78, 5) is 2.45. The van der Waals surface area contributed by atoms with Crippen LogP contribution in [0.1, 0.15) is 30.0 Å². The first kappa shape index (κ1) is 23.4. The van der Waals surface area contributed by atoms with Crippen LogP contribution < -0.4 is 0 Å². The van der Waals surface area contributed by atoms with E-state index >= 15 is 0 Å². The molecular weight excluding hydrogens is 455 g/mol. The molecule has 0 amide bonds. The lowest BCUT2D eigenvalue weighted by molar-refractivity contribution is 0.0334. The Morgan fingerprint density at radius 3 is 2.56 bits per heavy atom. The second-order valence-corrected chi connectivity index (χ2v) is 11.5. The zero-order chi connectivity index (χ0) is 23.9. The highest BCUT2D eigenvalue weighted by molar-refractivity contribution is 7.88. The van der Waals surface area contributed by atoms with E-state index in [9.17, 15) is 12.8 Å². The molecule has 1 atom stereocenters. The van der Waals surface area contributed by atoms with Crippen LogP contribution in [0.25, 0.3) is 16.6 Å². The molecule has 182 valence electrons. The van der Waals surface area contributed by atoms with Gasteiger partial charge in [-0.3, -0.25) is 4.90 Å². The third-order valence-electron chi connectivity index (χ3n) is 7.14. The van der Waals surface area contributed by atoms with Crippen molar-refractivity contribution in [3.8, 4) is 5.69 Å². The molecule has 9 heteroatoms. The molecule has 3 aromatic rings. The number of benzene rings is 2. The number of piperazine rings is 1. The van der Waals surface area contributed by atoms with Gasteiger partial charge in [0.1, 0.15) is 5.82 Å². The molecule has 1 aromatic heterocycles. The van der Waals surface area contributed by atoms with Gasteiger partial charge >= 0.3 is 0 Å². The number of sulfonamides is 1. The third kappa shape index (κ3) is 4.75. The average molecular weight is 487 g/mol. The summed E-state index contributed by atoms with van der Waals surface area (Å²) < 4.78 is 47.1. The number of halogens is 1. The number of nitrogens with zero attached hydrogens (tertiary/aromatic N) is 4. The van der Waals surface area contributed by atoms with E-state index in [1.54, 1.807) is 16.4 Å². The minimum Gasteiger partial charge on any atom is -0.381 e. The molecule has 0 aliphatic carbocycles. The number of aryl methyl sites for hydroxylation is 1. The molecule has 0 N–H and O–H groups in total. The summed E-state index contributed by atoms with van der Waals surface area (Å²) in [6.07, 6.45) is 5.20. The normalized spacial score (nSPS) is 21.3. The van der Waals surface area contributed by atoms with Crippen LogP contribution in [0.4, 0.5) is 4.39 Å². The molecule has 1 unspecified atom stereocenters. The standard InChI is InChI=1S/C25H31FN4O3S/c1-18-13-24-20(15-27-30(24)22-5-3-21(26)4-6-22)14-23(18)25-17-29(34(2,31)32)10-9-28(25)16-19-7-11-33-12-8-19/h3-6,13-15,19,25H,7-12,16-17H2,1-2H3. The highest BCUT2D eigenvalue weighted by Gasteiger charge is 2.34. The molecule has 2 aliphatic rings. The molecule has 0 spiro atoms. The molecule has 2 saturated heterocycles. The maximum atomic E-state index is 13.4. The first-order chi connectivity index (χ1) is 16.3. The Hall–Kier alpha value is -2.33. The largest absolute Gasteiger partial charge is 0.381 e. The smallest absolute Gasteiger partial charge is 0.211 e. The molecule has 34 heavy (non-hydrogen) atoms. The van der Waals surface area contributed by atoms with Gasteiger partial charge in [-0.2, -0.15) is 9.40 Å². The van der Waals surface area contributed by atoms with Crippen LogP contribution in [-0.4, -0.2) is 73.1 Å². The fourth-order valence-corrected chi connectivity index (χ4v) is 6.04. The SMILES string of the molecule is Cc1cc2c(cnn2-c2ccc(F)cc2)cc1C1CN(S(C)(=O)=O)CCN1CC1CCOCC1. The van der Waals surface area contributed by atoms with Gasteiger partial charge < -0.3 is 4.74 Å². The third-order valence-corrected chi connectivity index (χ3v) is 8.41. The Kier molecular flexibility index (Phi) is 6.45.